The Kier molecular flexibility index (Phi) is 12.8. The minimum absolute atomic E-state index is 0.223. The minimum atomic E-state index is -1.53. The molecule has 0 saturated carbocycles. The lowest BCUT2D eigenvalue weighted by Crippen LogP contribution is -2.45. The zero-order valence-corrected chi connectivity index (χ0v) is 19.6. The van der Waals surface area contributed by atoms with Gasteiger partial charge in [-0.25, -0.2) is 13.6 Å². The van der Waals surface area contributed by atoms with Gasteiger partial charge in [0.1, 0.15) is 6.04 Å². The number of carbonyl (C=O) groups is 2. The first-order valence-electron chi connectivity index (χ1n) is 11.4. The van der Waals surface area contributed by atoms with E-state index in [4.69, 9.17) is 4.74 Å². The van der Waals surface area contributed by atoms with E-state index in [9.17, 15) is 22.8 Å². The highest BCUT2D eigenvalue weighted by molar-refractivity contribution is 5.97. The maximum Gasteiger partial charge on any atom is 0.328 e. The van der Waals surface area contributed by atoms with Crippen LogP contribution in [0.4, 0.5) is 13.2 Å². The standard InChI is InChI=1S/C24H36F3NO4/c1-5-6-7-8-9-10-11-12-13-14-32-24(30)21(16(2)3)28-23(29)17-15-18(25)20(27)22(31-4)19(17)26/h15-16,21H,5-14H2,1-4H3,(H,28,29). The first-order chi connectivity index (χ1) is 15.2. The lowest BCUT2D eigenvalue weighted by molar-refractivity contribution is -0.147. The van der Waals surface area contributed by atoms with Gasteiger partial charge in [-0.1, -0.05) is 72.1 Å². The van der Waals surface area contributed by atoms with Crippen molar-refractivity contribution < 1.29 is 32.2 Å². The second-order valence-corrected chi connectivity index (χ2v) is 8.26. The van der Waals surface area contributed by atoms with Crippen molar-refractivity contribution in [2.24, 2.45) is 5.92 Å². The quantitative estimate of drug-likeness (QED) is 0.200. The average molecular weight is 460 g/mol. The van der Waals surface area contributed by atoms with E-state index < -0.39 is 46.7 Å². The minimum Gasteiger partial charge on any atom is -0.491 e. The van der Waals surface area contributed by atoms with Crippen LogP contribution in [0.1, 0.15) is 88.9 Å². The molecule has 1 amide bonds. The number of nitrogens with one attached hydrogen (secondary N) is 1. The molecule has 182 valence electrons. The molecule has 1 aromatic carbocycles. The third-order valence-electron chi connectivity index (χ3n) is 5.26. The fourth-order valence-corrected chi connectivity index (χ4v) is 3.32. The highest BCUT2D eigenvalue weighted by Gasteiger charge is 2.29. The molecular formula is C24H36F3NO4. The summed E-state index contributed by atoms with van der Waals surface area (Å²) >= 11 is 0. The Hall–Kier alpha value is -2.25. The van der Waals surface area contributed by atoms with Crippen LogP contribution in [0.25, 0.3) is 0 Å². The summed E-state index contributed by atoms with van der Waals surface area (Å²) in [4.78, 5) is 24.9. The van der Waals surface area contributed by atoms with E-state index in [0.29, 0.717) is 12.5 Å². The number of hydrogen-bond acceptors (Lipinski definition) is 4. The fraction of sp³-hybridized carbons (Fsp3) is 0.667. The molecule has 1 N–H and O–H groups in total. The van der Waals surface area contributed by atoms with E-state index in [-0.39, 0.29) is 12.5 Å². The summed E-state index contributed by atoms with van der Waals surface area (Å²) in [6.07, 6.45) is 10.1. The normalized spacial score (nSPS) is 12.0. The van der Waals surface area contributed by atoms with Gasteiger partial charge in [0.15, 0.2) is 17.4 Å². The number of halogens is 3. The van der Waals surface area contributed by atoms with Crippen LogP contribution in [0.15, 0.2) is 6.07 Å². The number of carbonyl (C=O) groups excluding carboxylic acids is 2. The monoisotopic (exact) mass is 459 g/mol. The highest BCUT2D eigenvalue weighted by atomic mass is 19.2. The molecule has 0 aliphatic rings. The van der Waals surface area contributed by atoms with Crippen LogP contribution in [0, 0.1) is 23.4 Å². The molecule has 0 fully saturated rings. The first-order valence-corrected chi connectivity index (χ1v) is 11.4. The molecule has 1 atom stereocenters. The van der Waals surface area contributed by atoms with Crippen LogP contribution < -0.4 is 10.1 Å². The van der Waals surface area contributed by atoms with Crippen molar-refractivity contribution in [3.8, 4) is 5.75 Å². The number of hydrogen-bond donors (Lipinski definition) is 1. The Morgan fingerprint density at radius 1 is 0.938 bits per heavy atom. The van der Waals surface area contributed by atoms with E-state index in [1.807, 2.05) is 0 Å². The van der Waals surface area contributed by atoms with Gasteiger partial charge in [0, 0.05) is 0 Å². The van der Waals surface area contributed by atoms with Gasteiger partial charge >= 0.3 is 5.97 Å². The van der Waals surface area contributed by atoms with Crippen molar-refractivity contribution in [3.63, 3.8) is 0 Å². The number of benzene rings is 1. The summed E-state index contributed by atoms with van der Waals surface area (Å²) in [5.41, 5.74) is -0.752. The van der Waals surface area contributed by atoms with Crippen molar-refractivity contribution in [2.75, 3.05) is 13.7 Å². The second-order valence-electron chi connectivity index (χ2n) is 8.26. The van der Waals surface area contributed by atoms with E-state index in [2.05, 4.69) is 17.0 Å². The van der Waals surface area contributed by atoms with Gasteiger partial charge in [-0.05, 0) is 18.4 Å². The molecule has 8 heteroatoms. The SMILES string of the molecule is CCCCCCCCCCCOC(=O)C(NC(=O)c1cc(F)c(F)c(OC)c1F)C(C)C. The van der Waals surface area contributed by atoms with Gasteiger partial charge in [0.2, 0.25) is 5.82 Å². The number of methoxy groups -OCH3 is 1. The van der Waals surface area contributed by atoms with Crippen molar-refractivity contribution in [1.29, 1.82) is 0 Å². The number of amides is 1. The van der Waals surface area contributed by atoms with Gasteiger partial charge in [0.25, 0.3) is 5.91 Å². The van der Waals surface area contributed by atoms with Crippen LogP contribution in [-0.4, -0.2) is 31.6 Å². The predicted octanol–water partition coefficient (Wildman–Crippen LogP) is 5.94. The van der Waals surface area contributed by atoms with E-state index in [0.717, 1.165) is 26.4 Å². The fourth-order valence-electron chi connectivity index (χ4n) is 3.32. The molecule has 32 heavy (non-hydrogen) atoms. The van der Waals surface area contributed by atoms with Gasteiger partial charge in [-0.3, -0.25) is 4.79 Å². The molecule has 0 saturated heterocycles. The number of ether oxygens (including phenoxy) is 2. The highest BCUT2D eigenvalue weighted by Crippen LogP contribution is 2.27. The van der Waals surface area contributed by atoms with E-state index in [1.54, 1.807) is 13.8 Å². The van der Waals surface area contributed by atoms with E-state index in [1.165, 1.54) is 32.1 Å². The van der Waals surface area contributed by atoms with Crippen LogP contribution in [0.2, 0.25) is 0 Å². The Morgan fingerprint density at radius 2 is 1.50 bits per heavy atom. The summed E-state index contributed by atoms with van der Waals surface area (Å²) in [6, 6.07) is -0.618. The van der Waals surface area contributed by atoms with E-state index >= 15 is 0 Å². The molecule has 0 aliphatic heterocycles. The van der Waals surface area contributed by atoms with Crippen LogP contribution in [0.3, 0.4) is 0 Å². The van der Waals surface area contributed by atoms with Crippen LogP contribution in [-0.2, 0) is 9.53 Å². The maximum atomic E-state index is 14.3. The number of unbranched alkanes of at least 4 members (excludes halogenated alkanes) is 8. The Balaban J connectivity index is 2.54. The zero-order chi connectivity index (χ0) is 24.1. The van der Waals surface area contributed by atoms with Crippen molar-refractivity contribution in [2.45, 2.75) is 84.6 Å². The Morgan fingerprint density at radius 3 is 2.03 bits per heavy atom. The van der Waals surface area contributed by atoms with Crippen molar-refractivity contribution in [3.05, 3.63) is 29.1 Å². The molecule has 0 spiro atoms. The molecule has 1 unspecified atom stereocenters. The maximum absolute atomic E-state index is 14.3. The van der Waals surface area contributed by atoms with Crippen LogP contribution in [0.5, 0.6) is 5.75 Å². The number of esters is 1. The Bertz CT molecular complexity index is 740. The lowest BCUT2D eigenvalue weighted by Gasteiger charge is -2.21. The van der Waals surface area contributed by atoms with Crippen molar-refractivity contribution >= 4 is 11.9 Å². The zero-order valence-electron chi connectivity index (χ0n) is 19.6. The molecule has 1 aromatic rings. The average Bonchev–Trinajstić information content (AvgIpc) is 2.75. The van der Waals surface area contributed by atoms with Gasteiger partial charge in [-0.2, -0.15) is 4.39 Å². The molecule has 0 aromatic heterocycles. The largest absolute Gasteiger partial charge is 0.491 e. The summed E-state index contributed by atoms with van der Waals surface area (Å²) in [5.74, 6) is -7.35. The molecule has 0 heterocycles. The molecule has 0 bridgehead atoms. The van der Waals surface area contributed by atoms with Gasteiger partial charge < -0.3 is 14.8 Å². The van der Waals surface area contributed by atoms with Crippen LogP contribution >= 0.6 is 0 Å². The van der Waals surface area contributed by atoms with Crippen molar-refractivity contribution in [1.82, 2.24) is 5.32 Å². The number of rotatable bonds is 15. The smallest absolute Gasteiger partial charge is 0.328 e. The molecule has 0 radical (unpaired) electrons. The summed E-state index contributed by atoms with van der Waals surface area (Å²) in [6.45, 7) is 5.79. The Labute approximate surface area is 189 Å². The topological polar surface area (TPSA) is 64.6 Å². The summed E-state index contributed by atoms with van der Waals surface area (Å²) in [5, 5.41) is 2.36. The first kappa shape index (κ1) is 27.8. The third kappa shape index (κ3) is 8.71. The summed E-state index contributed by atoms with van der Waals surface area (Å²) in [7, 11) is 0.962. The molecule has 0 aliphatic carbocycles. The summed E-state index contributed by atoms with van der Waals surface area (Å²) < 4.78 is 51.4. The molecular weight excluding hydrogens is 423 g/mol. The third-order valence-corrected chi connectivity index (χ3v) is 5.26. The lowest BCUT2D eigenvalue weighted by atomic mass is 10.0. The second kappa shape index (κ2) is 14.7. The van der Waals surface area contributed by atoms with Gasteiger partial charge in [-0.15, -0.1) is 0 Å². The molecule has 1 rings (SSSR count). The molecule has 5 nitrogen and oxygen atoms in total. The predicted molar refractivity (Wildman–Crippen MR) is 117 cm³/mol. The van der Waals surface area contributed by atoms with Gasteiger partial charge in [0.05, 0.1) is 19.3 Å².